The molecule has 0 fully saturated rings. The lowest BCUT2D eigenvalue weighted by atomic mass is 10.1. The minimum atomic E-state index is -0.603. The second-order valence-electron chi connectivity index (χ2n) is 4.87. The van der Waals surface area contributed by atoms with Crippen LogP contribution >= 0.6 is 0 Å². The Balaban J connectivity index is 2.30. The van der Waals surface area contributed by atoms with Gasteiger partial charge in [-0.1, -0.05) is 0 Å². The van der Waals surface area contributed by atoms with Gasteiger partial charge >= 0.3 is 0 Å². The number of aliphatic hydroxyl groups excluding tert-OH is 1. The summed E-state index contributed by atoms with van der Waals surface area (Å²) in [5.74, 6) is 0.713. The third kappa shape index (κ3) is 3.35. The zero-order chi connectivity index (χ0) is 15.6. The van der Waals surface area contributed by atoms with E-state index in [1.165, 1.54) is 12.3 Å². The average molecular weight is 288 g/mol. The van der Waals surface area contributed by atoms with E-state index in [-0.39, 0.29) is 5.69 Å². The van der Waals surface area contributed by atoms with Crippen LogP contribution in [0.3, 0.4) is 0 Å². The first-order valence-electron chi connectivity index (χ1n) is 6.46. The highest BCUT2D eigenvalue weighted by Crippen LogP contribution is 2.31. The Morgan fingerprint density at radius 3 is 2.52 bits per heavy atom. The monoisotopic (exact) mass is 288 g/mol. The van der Waals surface area contributed by atoms with Crippen molar-refractivity contribution in [3.63, 3.8) is 0 Å². The number of rotatable bonds is 4. The topological polar surface area (TPSA) is 85.5 Å². The van der Waals surface area contributed by atoms with E-state index < -0.39 is 11.0 Å². The van der Waals surface area contributed by atoms with Crippen LogP contribution in [0.5, 0.6) is 11.6 Å². The number of aliphatic hydroxyl groups is 1. The first-order chi connectivity index (χ1) is 9.88. The van der Waals surface area contributed by atoms with Crippen molar-refractivity contribution in [2.75, 3.05) is 0 Å². The summed E-state index contributed by atoms with van der Waals surface area (Å²) >= 11 is 0. The minimum Gasteiger partial charge on any atom is -0.439 e. The lowest BCUT2D eigenvalue weighted by Crippen LogP contribution is -1.97. The maximum Gasteiger partial charge on any atom is 0.276 e. The molecule has 0 saturated heterocycles. The van der Waals surface area contributed by atoms with Crippen molar-refractivity contribution in [1.82, 2.24) is 4.98 Å². The number of nitro benzene ring substituents is 1. The van der Waals surface area contributed by atoms with E-state index in [2.05, 4.69) is 4.98 Å². The van der Waals surface area contributed by atoms with Crippen LogP contribution in [0.25, 0.3) is 0 Å². The molecule has 0 saturated carbocycles. The molecule has 0 aliphatic heterocycles. The maximum absolute atomic E-state index is 11.0. The molecule has 1 aromatic heterocycles. The van der Waals surface area contributed by atoms with Gasteiger partial charge in [-0.2, -0.15) is 0 Å². The van der Waals surface area contributed by atoms with Crippen molar-refractivity contribution in [1.29, 1.82) is 0 Å². The van der Waals surface area contributed by atoms with Crippen LogP contribution in [0, 0.1) is 24.0 Å². The summed E-state index contributed by atoms with van der Waals surface area (Å²) in [5.41, 5.74) is 2.06. The molecule has 0 aliphatic rings. The van der Waals surface area contributed by atoms with E-state index in [9.17, 15) is 15.2 Å². The highest BCUT2D eigenvalue weighted by Gasteiger charge is 2.15. The zero-order valence-corrected chi connectivity index (χ0v) is 12.0. The summed E-state index contributed by atoms with van der Waals surface area (Å²) in [5, 5.41) is 20.4. The second kappa shape index (κ2) is 5.88. The minimum absolute atomic E-state index is 0.0104. The number of benzene rings is 1. The summed E-state index contributed by atoms with van der Waals surface area (Å²) < 4.78 is 5.59. The fourth-order valence-electron chi connectivity index (χ4n) is 1.94. The van der Waals surface area contributed by atoms with Gasteiger partial charge in [-0.05, 0) is 44.0 Å². The SMILES string of the molecule is Cc1cc(C)c([N+](=O)[O-])cc1Oc1ccc(C(C)O)cn1. The highest BCUT2D eigenvalue weighted by atomic mass is 16.6. The van der Waals surface area contributed by atoms with Gasteiger partial charge in [-0.3, -0.25) is 10.1 Å². The summed E-state index contributed by atoms with van der Waals surface area (Å²) in [6.07, 6.45) is 0.909. The molecule has 2 aromatic rings. The van der Waals surface area contributed by atoms with Crippen LogP contribution in [-0.2, 0) is 0 Å². The Morgan fingerprint density at radius 1 is 1.29 bits per heavy atom. The quantitative estimate of drug-likeness (QED) is 0.688. The van der Waals surface area contributed by atoms with Crippen LogP contribution in [0.1, 0.15) is 29.7 Å². The fraction of sp³-hybridized carbons (Fsp3) is 0.267. The lowest BCUT2D eigenvalue weighted by molar-refractivity contribution is -0.385. The molecule has 1 aromatic carbocycles. The van der Waals surface area contributed by atoms with Gasteiger partial charge in [0.05, 0.1) is 17.1 Å². The standard InChI is InChI=1S/C15H16N2O4/c1-9-6-10(2)14(7-13(9)17(19)20)21-15-5-4-12(8-16-15)11(3)18/h4-8,11,18H,1-3H3. The largest absolute Gasteiger partial charge is 0.439 e. The number of pyridine rings is 1. The number of nitrogens with zero attached hydrogens (tertiary/aromatic N) is 2. The Labute approximate surface area is 122 Å². The van der Waals surface area contributed by atoms with Crippen LogP contribution in [-0.4, -0.2) is 15.0 Å². The number of hydrogen-bond donors (Lipinski definition) is 1. The molecule has 110 valence electrons. The molecule has 1 atom stereocenters. The van der Waals surface area contributed by atoms with E-state index in [1.807, 2.05) is 6.92 Å². The Bertz CT molecular complexity index is 666. The third-order valence-corrected chi connectivity index (χ3v) is 3.15. The Hall–Kier alpha value is -2.47. The first-order valence-corrected chi connectivity index (χ1v) is 6.46. The predicted molar refractivity (Wildman–Crippen MR) is 77.5 cm³/mol. The lowest BCUT2D eigenvalue weighted by Gasteiger charge is -2.10. The molecule has 0 amide bonds. The number of aromatic nitrogens is 1. The summed E-state index contributed by atoms with van der Waals surface area (Å²) in [4.78, 5) is 14.6. The molecule has 6 heteroatoms. The molecule has 21 heavy (non-hydrogen) atoms. The maximum atomic E-state index is 11.0. The molecule has 1 N–H and O–H groups in total. The molecule has 0 spiro atoms. The van der Waals surface area contributed by atoms with Crippen LogP contribution in [0.4, 0.5) is 5.69 Å². The van der Waals surface area contributed by atoms with Gasteiger partial charge in [0, 0.05) is 17.8 Å². The van der Waals surface area contributed by atoms with E-state index in [0.29, 0.717) is 22.8 Å². The van der Waals surface area contributed by atoms with Gasteiger partial charge in [0.25, 0.3) is 5.69 Å². The molecular weight excluding hydrogens is 272 g/mol. The smallest absolute Gasteiger partial charge is 0.276 e. The van der Waals surface area contributed by atoms with Crippen molar-refractivity contribution < 1.29 is 14.8 Å². The van der Waals surface area contributed by atoms with Crippen LogP contribution < -0.4 is 4.74 Å². The van der Waals surface area contributed by atoms with Gasteiger partial charge in [-0.15, -0.1) is 0 Å². The Kier molecular flexibility index (Phi) is 4.18. The number of nitro groups is 1. The molecule has 2 rings (SSSR count). The van der Waals surface area contributed by atoms with Gasteiger partial charge in [0.1, 0.15) is 5.75 Å². The zero-order valence-electron chi connectivity index (χ0n) is 12.0. The van der Waals surface area contributed by atoms with E-state index in [1.54, 1.807) is 32.0 Å². The third-order valence-electron chi connectivity index (χ3n) is 3.15. The van der Waals surface area contributed by atoms with Crippen molar-refractivity contribution >= 4 is 5.69 Å². The molecule has 1 unspecified atom stereocenters. The molecule has 0 aliphatic carbocycles. The number of ether oxygens (including phenoxy) is 1. The van der Waals surface area contributed by atoms with Crippen molar-refractivity contribution in [3.8, 4) is 11.6 Å². The van der Waals surface area contributed by atoms with Crippen molar-refractivity contribution in [3.05, 3.63) is 57.3 Å². The molecule has 0 bridgehead atoms. The van der Waals surface area contributed by atoms with Gasteiger partial charge in [0.15, 0.2) is 0 Å². The predicted octanol–water partition coefficient (Wildman–Crippen LogP) is 3.45. The highest BCUT2D eigenvalue weighted by molar-refractivity contribution is 5.50. The fourth-order valence-corrected chi connectivity index (χ4v) is 1.94. The summed E-state index contributed by atoms with van der Waals surface area (Å²) in [6.45, 7) is 5.14. The molecule has 6 nitrogen and oxygen atoms in total. The number of hydrogen-bond acceptors (Lipinski definition) is 5. The summed E-state index contributed by atoms with van der Waals surface area (Å²) in [6, 6.07) is 6.42. The first kappa shape index (κ1) is 14.9. The second-order valence-corrected chi connectivity index (χ2v) is 4.87. The average Bonchev–Trinajstić information content (AvgIpc) is 2.42. The van der Waals surface area contributed by atoms with E-state index in [4.69, 9.17) is 4.74 Å². The van der Waals surface area contributed by atoms with Crippen molar-refractivity contribution in [2.24, 2.45) is 0 Å². The van der Waals surface area contributed by atoms with E-state index in [0.717, 1.165) is 5.56 Å². The summed E-state index contributed by atoms with van der Waals surface area (Å²) in [7, 11) is 0. The van der Waals surface area contributed by atoms with Crippen molar-refractivity contribution in [2.45, 2.75) is 26.9 Å². The van der Waals surface area contributed by atoms with Crippen LogP contribution in [0.2, 0.25) is 0 Å². The van der Waals surface area contributed by atoms with Gasteiger partial charge in [-0.25, -0.2) is 4.98 Å². The Morgan fingerprint density at radius 2 is 2.00 bits per heavy atom. The van der Waals surface area contributed by atoms with Gasteiger partial charge < -0.3 is 9.84 Å². The number of aryl methyl sites for hydroxylation is 2. The van der Waals surface area contributed by atoms with Crippen LogP contribution in [0.15, 0.2) is 30.5 Å². The molecular formula is C15H16N2O4. The van der Waals surface area contributed by atoms with E-state index >= 15 is 0 Å². The van der Waals surface area contributed by atoms with Gasteiger partial charge in [0.2, 0.25) is 5.88 Å². The molecule has 1 heterocycles. The normalized spacial score (nSPS) is 12.0. The molecule has 0 radical (unpaired) electrons.